The number of hydrogen-bond acceptors (Lipinski definition) is 4. The Labute approximate surface area is 225 Å². The van der Waals surface area contributed by atoms with Crippen LogP contribution >= 0.6 is 11.6 Å². The monoisotopic (exact) mass is 524 g/mol. The van der Waals surface area contributed by atoms with E-state index in [1.165, 1.54) is 31.2 Å². The predicted molar refractivity (Wildman–Crippen MR) is 153 cm³/mol. The second kappa shape index (κ2) is 14.3. The first-order valence-corrected chi connectivity index (χ1v) is 14.0. The number of rotatable bonds is 14. The molecule has 3 rings (SSSR count). The van der Waals surface area contributed by atoms with Gasteiger partial charge in [0.15, 0.2) is 0 Å². The van der Waals surface area contributed by atoms with Gasteiger partial charge >= 0.3 is 0 Å². The molecule has 200 valence electrons. The highest BCUT2D eigenvalue weighted by atomic mass is 35.5. The highest BCUT2D eigenvalue weighted by Crippen LogP contribution is 2.24. The molecule has 0 saturated heterocycles. The van der Waals surface area contributed by atoms with Crippen molar-refractivity contribution in [1.82, 2.24) is 14.5 Å². The van der Waals surface area contributed by atoms with Crippen LogP contribution in [0.2, 0.25) is 5.02 Å². The summed E-state index contributed by atoms with van der Waals surface area (Å²) in [5.41, 5.74) is 7.95. The summed E-state index contributed by atoms with van der Waals surface area (Å²) in [4.78, 5) is 33.5. The Bertz CT molecular complexity index is 1220. The number of halogens is 1. The van der Waals surface area contributed by atoms with Crippen molar-refractivity contribution in [2.45, 2.75) is 77.7 Å². The van der Waals surface area contributed by atoms with E-state index >= 15 is 0 Å². The zero-order valence-electron chi connectivity index (χ0n) is 22.5. The van der Waals surface area contributed by atoms with Gasteiger partial charge in [0.1, 0.15) is 5.82 Å². The van der Waals surface area contributed by atoms with Gasteiger partial charge in [-0.1, -0.05) is 62.8 Å². The van der Waals surface area contributed by atoms with Gasteiger partial charge < -0.3 is 10.6 Å². The van der Waals surface area contributed by atoms with Crippen molar-refractivity contribution in [3.05, 3.63) is 74.8 Å². The lowest BCUT2D eigenvalue weighted by Crippen LogP contribution is -2.38. The van der Waals surface area contributed by atoms with Crippen LogP contribution in [0.4, 0.5) is 0 Å². The maximum absolute atomic E-state index is 13.8. The van der Waals surface area contributed by atoms with Gasteiger partial charge in [-0.25, -0.2) is 4.98 Å². The molecule has 0 saturated carbocycles. The van der Waals surface area contributed by atoms with E-state index in [1.54, 1.807) is 29.8 Å². The van der Waals surface area contributed by atoms with Crippen LogP contribution in [0.25, 0.3) is 10.9 Å². The van der Waals surface area contributed by atoms with Gasteiger partial charge in [0.05, 0.1) is 16.9 Å². The van der Waals surface area contributed by atoms with Crippen molar-refractivity contribution in [2.75, 3.05) is 13.1 Å². The van der Waals surface area contributed by atoms with Crippen molar-refractivity contribution in [3.63, 3.8) is 0 Å². The summed E-state index contributed by atoms with van der Waals surface area (Å²) in [6.45, 7) is 5.41. The summed E-state index contributed by atoms with van der Waals surface area (Å²) in [6, 6.07) is 12.7. The zero-order valence-corrected chi connectivity index (χ0v) is 23.3. The first kappa shape index (κ1) is 28.9. The van der Waals surface area contributed by atoms with Crippen LogP contribution in [-0.2, 0) is 13.5 Å². The number of nitrogens with two attached hydrogens (primary N) is 1. The highest BCUT2D eigenvalue weighted by molar-refractivity contribution is 6.31. The van der Waals surface area contributed by atoms with Gasteiger partial charge in [0.25, 0.3) is 11.5 Å². The third kappa shape index (κ3) is 7.65. The smallest absolute Gasteiger partial charge is 0.261 e. The molecule has 0 bridgehead atoms. The van der Waals surface area contributed by atoms with Crippen molar-refractivity contribution >= 4 is 28.4 Å². The second-order valence-electron chi connectivity index (χ2n) is 9.88. The zero-order chi connectivity index (χ0) is 26.8. The molecule has 1 aromatic heterocycles. The summed E-state index contributed by atoms with van der Waals surface area (Å²) in [6.07, 6.45) is 9.76. The van der Waals surface area contributed by atoms with E-state index in [-0.39, 0.29) is 11.5 Å². The second-order valence-corrected chi connectivity index (χ2v) is 10.3. The minimum Gasteiger partial charge on any atom is -0.330 e. The Hall–Kier alpha value is -2.70. The third-order valence-electron chi connectivity index (χ3n) is 7.05. The molecule has 1 atom stereocenters. The Morgan fingerprint density at radius 3 is 2.43 bits per heavy atom. The van der Waals surface area contributed by atoms with Crippen LogP contribution < -0.4 is 11.3 Å². The number of aryl methyl sites for hydroxylation is 1. The van der Waals surface area contributed by atoms with Crippen LogP contribution in [-0.4, -0.2) is 33.4 Å². The molecule has 1 unspecified atom stereocenters. The first-order chi connectivity index (χ1) is 17.9. The summed E-state index contributed by atoms with van der Waals surface area (Å²) in [5.74, 6) is 0.493. The quantitative estimate of drug-likeness (QED) is 0.246. The predicted octanol–water partition coefficient (Wildman–Crippen LogP) is 6.43. The summed E-state index contributed by atoms with van der Waals surface area (Å²) < 4.78 is 1.55. The molecule has 0 radical (unpaired) electrons. The van der Waals surface area contributed by atoms with Crippen molar-refractivity contribution < 1.29 is 4.79 Å². The summed E-state index contributed by atoms with van der Waals surface area (Å²) >= 11 is 6.18. The number of hydrogen-bond donors (Lipinski definition) is 1. The molecule has 0 aliphatic rings. The van der Waals surface area contributed by atoms with E-state index in [0.717, 1.165) is 32.1 Å². The van der Waals surface area contributed by atoms with Crippen LogP contribution in [0.15, 0.2) is 47.3 Å². The number of unbranched alkanes of at least 4 members (excludes halogenated alkanes) is 6. The molecule has 2 N–H and O–H groups in total. The number of carbonyl (C=O) groups excluding carboxylic acids is 1. The first-order valence-electron chi connectivity index (χ1n) is 13.6. The van der Waals surface area contributed by atoms with E-state index in [1.807, 2.05) is 24.0 Å². The number of benzene rings is 2. The molecule has 2 aromatic carbocycles. The third-order valence-corrected chi connectivity index (χ3v) is 7.28. The van der Waals surface area contributed by atoms with Gasteiger partial charge in [-0.2, -0.15) is 0 Å². The van der Waals surface area contributed by atoms with Crippen LogP contribution in [0.1, 0.15) is 93.0 Å². The van der Waals surface area contributed by atoms with Gasteiger partial charge in [0, 0.05) is 24.2 Å². The van der Waals surface area contributed by atoms with Gasteiger partial charge in [-0.15, -0.1) is 0 Å². The average Bonchev–Trinajstić information content (AvgIpc) is 2.90. The number of carbonyl (C=O) groups is 1. The lowest BCUT2D eigenvalue weighted by molar-refractivity contribution is 0.0676. The van der Waals surface area contributed by atoms with Crippen molar-refractivity contribution in [3.8, 4) is 0 Å². The van der Waals surface area contributed by atoms with E-state index in [9.17, 15) is 9.59 Å². The molecule has 6 nitrogen and oxygen atoms in total. The number of nitrogens with zero attached hydrogens (tertiary/aromatic N) is 3. The van der Waals surface area contributed by atoms with Gasteiger partial charge in [-0.3, -0.25) is 14.2 Å². The Morgan fingerprint density at radius 2 is 1.73 bits per heavy atom. The number of fused-ring (bicyclic) bond motifs is 1. The SMILES string of the molecule is CCCCCCc1ccc(C(=O)N(CCCCCCN)C(C)c2nc3cc(Cl)ccc3c(=O)n2C)cc1. The fourth-order valence-corrected chi connectivity index (χ4v) is 4.93. The normalized spacial score (nSPS) is 12.1. The largest absolute Gasteiger partial charge is 0.330 e. The fraction of sp³-hybridized carbons (Fsp3) is 0.500. The fourth-order valence-electron chi connectivity index (χ4n) is 4.76. The molecule has 0 fully saturated rings. The Balaban J connectivity index is 1.87. The average molecular weight is 525 g/mol. The molecular weight excluding hydrogens is 484 g/mol. The maximum atomic E-state index is 13.8. The lowest BCUT2D eigenvalue weighted by Gasteiger charge is -2.30. The van der Waals surface area contributed by atoms with Crippen molar-refractivity contribution in [2.24, 2.45) is 12.8 Å². The Morgan fingerprint density at radius 1 is 1.03 bits per heavy atom. The number of amides is 1. The molecule has 1 heterocycles. The lowest BCUT2D eigenvalue weighted by atomic mass is 10.0. The van der Waals surface area contributed by atoms with Gasteiger partial charge in [-0.05, 0) is 75.0 Å². The molecule has 0 aliphatic carbocycles. The van der Waals surface area contributed by atoms with E-state index in [2.05, 4.69) is 19.1 Å². The summed E-state index contributed by atoms with van der Waals surface area (Å²) in [5, 5.41) is 1.03. The molecule has 3 aromatic rings. The molecular formula is C30H41ClN4O2. The topological polar surface area (TPSA) is 81.2 Å². The molecule has 1 amide bonds. The van der Waals surface area contributed by atoms with E-state index in [0.29, 0.717) is 40.4 Å². The minimum atomic E-state index is -0.392. The highest BCUT2D eigenvalue weighted by Gasteiger charge is 2.26. The maximum Gasteiger partial charge on any atom is 0.261 e. The van der Waals surface area contributed by atoms with Crippen LogP contribution in [0, 0.1) is 0 Å². The molecule has 37 heavy (non-hydrogen) atoms. The van der Waals surface area contributed by atoms with E-state index in [4.69, 9.17) is 22.3 Å². The molecule has 0 spiro atoms. The van der Waals surface area contributed by atoms with Crippen LogP contribution in [0.5, 0.6) is 0 Å². The van der Waals surface area contributed by atoms with Gasteiger partial charge in [0.2, 0.25) is 0 Å². The standard InChI is InChI=1S/C30H41ClN4O2/c1-4-5-6-9-12-23-13-15-24(16-14-23)29(36)35(20-11-8-7-10-19-32)22(2)28-33-27-21-25(31)17-18-26(27)30(37)34(28)3/h13-18,21-22H,4-12,19-20,32H2,1-3H3. The summed E-state index contributed by atoms with van der Waals surface area (Å²) in [7, 11) is 1.71. The Kier molecular flexibility index (Phi) is 11.2. The minimum absolute atomic E-state index is 0.0516. The van der Waals surface area contributed by atoms with Crippen LogP contribution in [0.3, 0.4) is 0 Å². The number of aromatic nitrogens is 2. The van der Waals surface area contributed by atoms with Crippen molar-refractivity contribution in [1.29, 1.82) is 0 Å². The van der Waals surface area contributed by atoms with E-state index < -0.39 is 6.04 Å². The molecule has 7 heteroatoms. The molecule has 0 aliphatic heterocycles.